The SMILES string of the molecule is COc1cc(N)ccc1S(=O)CCCC(F)(F)F. The van der Waals surface area contributed by atoms with Crippen LogP contribution in [0, 0.1) is 0 Å². The minimum absolute atomic E-state index is 0.0558. The van der Waals surface area contributed by atoms with Gasteiger partial charge in [0.05, 0.1) is 22.8 Å². The third-order valence-electron chi connectivity index (χ3n) is 2.22. The van der Waals surface area contributed by atoms with Crippen molar-refractivity contribution in [2.75, 3.05) is 18.6 Å². The smallest absolute Gasteiger partial charge is 0.389 e. The van der Waals surface area contributed by atoms with Crippen molar-refractivity contribution in [1.29, 1.82) is 0 Å². The van der Waals surface area contributed by atoms with Crippen molar-refractivity contribution >= 4 is 16.5 Å². The number of halogens is 3. The number of anilines is 1. The first-order valence-electron chi connectivity index (χ1n) is 5.22. The monoisotopic (exact) mass is 281 g/mol. The Labute approximate surface area is 106 Å². The summed E-state index contributed by atoms with van der Waals surface area (Å²) in [4.78, 5) is 0.369. The number of alkyl halides is 3. The van der Waals surface area contributed by atoms with Crippen LogP contribution in [0.1, 0.15) is 12.8 Å². The van der Waals surface area contributed by atoms with Crippen LogP contribution >= 0.6 is 0 Å². The molecule has 0 aliphatic carbocycles. The number of ether oxygens (including phenoxy) is 1. The van der Waals surface area contributed by atoms with Gasteiger partial charge in [0.25, 0.3) is 0 Å². The van der Waals surface area contributed by atoms with E-state index in [-0.39, 0.29) is 12.2 Å². The van der Waals surface area contributed by atoms with Crippen molar-refractivity contribution in [1.82, 2.24) is 0 Å². The van der Waals surface area contributed by atoms with E-state index < -0.39 is 23.4 Å². The number of hydrogen-bond donors (Lipinski definition) is 1. The van der Waals surface area contributed by atoms with Gasteiger partial charge in [-0.05, 0) is 18.6 Å². The predicted molar refractivity (Wildman–Crippen MR) is 64.0 cm³/mol. The highest BCUT2D eigenvalue weighted by atomic mass is 32.2. The van der Waals surface area contributed by atoms with Crippen LogP contribution in [0.5, 0.6) is 5.75 Å². The third kappa shape index (κ3) is 4.56. The summed E-state index contributed by atoms with van der Waals surface area (Å²) in [6, 6.07) is 4.55. The molecule has 0 radical (unpaired) electrons. The van der Waals surface area contributed by atoms with E-state index in [9.17, 15) is 17.4 Å². The summed E-state index contributed by atoms with van der Waals surface area (Å²) in [5.41, 5.74) is 5.98. The Kier molecular flexibility index (Phi) is 5.01. The molecule has 0 spiro atoms. The molecule has 1 atom stereocenters. The van der Waals surface area contributed by atoms with Crippen molar-refractivity contribution in [3.8, 4) is 5.75 Å². The fourth-order valence-corrected chi connectivity index (χ4v) is 2.60. The van der Waals surface area contributed by atoms with Gasteiger partial charge in [0.1, 0.15) is 5.75 Å². The molecule has 0 saturated heterocycles. The number of methoxy groups -OCH3 is 1. The summed E-state index contributed by atoms with van der Waals surface area (Å²) >= 11 is 0. The van der Waals surface area contributed by atoms with Crippen LogP contribution in [-0.4, -0.2) is 23.2 Å². The average Bonchev–Trinajstić information content (AvgIpc) is 2.26. The van der Waals surface area contributed by atoms with E-state index in [1.807, 2.05) is 0 Å². The van der Waals surface area contributed by atoms with E-state index in [2.05, 4.69) is 0 Å². The van der Waals surface area contributed by atoms with Gasteiger partial charge in [0.2, 0.25) is 0 Å². The molecule has 1 aromatic rings. The quantitative estimate of drug-likeness (QED) is 0.844. The van der Waals surface area contributed by atoms with Gasteiger partial charge in [0.15, 0.2) is 0 Å². The molecule has 102 valence electrons. The zero-order chi connectivity index (χ0) is 13.8. The number of rotatable bonds is 5. The van der Waals surface area contributed by atoms with Crippen LogP contribution in [0.3, 0.4) is 0 Å². The Morgan fingerprint density at radius 3 is 2.61 bits per heavy atom. The molecule has 0 aliphatic heterocycles. The minimum atomic E-state index is -4.21. The molecule has 0 saturated carbocycles. The Bertz CT molecular complexity index is 435. The van der Waals surface area contributed by atoms with Gasteiger partial charge in [-0.1, -0.05) is 0 Å². The molecule has 0 amide bonds. The first kappa shape index (κ1) is 14.8. The Hall–Kier alpha value is -1.24. The summed E-state index contributed by atoms with van der Waals surface area (Å²) in [6.45, 7) is 0. The van der Waals surface area contributed by atoms with Crippen LogP contribution in [0.25, 0.3) is 0 Å². The standard InChI is InChI=1S/C11H14F3NO2S/c1-17-9-7-8(15)3-4-10(9)18(16)6-2-5-11(12,13)14/h3-4,7H,2,5-6,15H2,1H3. The van der Waals surface area contributed by atoms with Gasteiger partial charge in [-0.15, -0.1) is 0 Å². The van der Waals surface area contributed by atoms with Crippen molar-refractivity contribution in [3.63, 3.8) is 0 Å². The lowest BCUT2D eigenvalue weighted by Crippen LogP contribution is -2.10. The number of hydrogen-bond acceptors (Lipinski definition) is 3. The van der Waals surface area contributed by atoms with E-state index in [1.165, 1.54) is 19.2 Å². The maximum Gasteiger partial charge on any atom is 0.389 e. The lowest BCUT2D eigenvalue weighted by Gasteiger charge is -2.09. The van der Waals surface area contributed by atoms with Crippen LogP contribution in [0.2, 0.25) is 0 Å². The first-order chi connectivity index (χ1) is 8.33. The van der Waals surface area contributed by atoms with Crippen LogP contribution in [0.15, 0.2) is 23.1 Å². The molecule has 18 heavy (non-hydrogen) atoms. The molecule has 1 aromatic carbocycles. The predicted octanol–water partition coefficient (Wildman–Crippen LogP) is 2.73. The van der Waals surface area contributed by atoms with Gasteiger partial charge >= 0.3 is 6.18 Å². The average molecular weight is 281 g/mol. The van der Waals surface area contributed by atoms with Crippen LogP contribution in [-0.2, 0) is 10.8 Å². The zero-order valence-electron chi connectivity index (χ0n) is 9.79. The molecule has 7 heteroatoms. The van der Waals surface area contributed by atoms with Crippen molar-refractivity contribution in [2.45, 2.75) is 23.9 Å². The Morgan fingerprint density at radius 2 is 2.06 bits per heavy atom. The van der Waals surface area contributed by atoms with Gasteiger partial charge in [-0.25, -0.2) is 0 Å². The molecule has 1 rings (SSSR count). The van der Waals surface area contributed by atoms with Gasteiger partial charge in [-0.2, -0.15) is 13.2 Å². The van der Waals surface area contributed by atoms with Gasteiger partial charge in [0, 0.05) is 23.9 Å². The fraction of sp³-hybridized carbons (Fsp3) is 0.455. The topological polar surface area (TPSA) is 52.3 Å². The van der Waals surface area contributed by atoms with E-state index in [0.29, 0.717) is 16.3 Å². The molecule has 0 heterocycles. The maximum atomic E-state index is 12.0. The number of nitrogens with two attached hydrogens (primary N) is 1. The van der Waals surface area contributed by atoms with Crippen molar-refractivity contribution < 1.29 is 22.1 Å². The molecule has 0 aromatic heterocycles. The molecule has 0 bridgehead atoms. The van der Waals surface area contributed by atoms with Crippen molar-refractivity contribution in [3.05, 3.63) is 18.2 Å². The first-order valence-corrected chi connectivity index (χ1v) is 6.54. The number of nitrogen functional groups attached to an aromatic ring is 1. The van der Waals surface area contributed by atoms with E-state index in [0.717, 1.165) is 0 Å². The van der Waals surface area contributed by atoms with E-state index in [1.54, 1.807) is 6.07 Å². The summed E-state index contributed by atoms with van der Waals surface area (Å²) in [6.07, 6.45) is -5.32. The Morgan fingerprint density at radius 1 is 1.39 bits per heavy atom. The van der Waals surface area contributed by atoms with Crippen LogP contribution < -0.4 is 10.5 Å². The maximum absolute atomic E-state index is 12.0. The highest BCUT2D eigenvalue weighted by molar-refractivity contribution is 7.85. The second-order valence-corrected chi connectivity index (χ2v) is 5.22. The summed E-state index contributed by atoms with van der Waals surface area (Å²) < 4.78 is 52.7. The molecule has 2 N–H and O–H groups in total. The van der Waals surface area contributed by atoms with Gasteiger partial charge < -0.3 is 10.5 Å². The van der Waals surface area contributed by atoms with Crippen LogP contribution in [0.4, 0.5) is 18.9 Å². The largest absolute Gasteiger partial charge is 0.495 e. The molecule has 0 fully saturated rings. The lowest BCUT2D eigenvalue weighted by molar-refractivity contribution is -0.134. The molecule has 3 nitrogen and oxygen atoms in total. The third-order valence-corrected chi connectivity index (χ3v) is 3.71. The van der Waals surface area contributed by atoms with Gasteiger partial charge in [-0.3, -0.25) is 4.21 Å². The Balaban J connectivity index is 2.67. The molecule has 0 aliphatic rings. The van der Waals surface area contributed by atoms with E-state index in [4.69, 9.17) is 10.5 Å². The van der Waals surface area contributed by atoms with Crippen molar-refractivity contribution in [2.24, 2.45) is 0 Å². The highest BCUT2D eigenvalue weighted by Crippen LogP contribution is 2.26. The second kappa shape index (κ2) is 6.08. The number of benzene rings is 1. The van der Waals surface area contributed by atoms with E-state index >= 15 is 0 Å². The fourth-order valence-electron chi connectivity index (χ4n) is 1.39. The minimum Gasteiger partial charge on any atom is -0.495 e. The molecular formula is C11H14F3NO2S. The second-order valence-electron chi connectivity index (χ2n) is 3.68. The normalized spacial score (nSPS) is 13.3. The summed E-state index contributed by atoms with van der Waals surface area (Å²) in [7, 11) is -0.124. The zero-order valence-corrected chi connectivity index (χ0v) is 10.6. The highest BCUT2D eigenvalue weighted by Gasteiger charge is 2.26. The summed E-state index contributed by atoms with van der Waals surface area (Å²) in [5.74, 6) is 0.278. The lowest BCUT2D eigenvalue weighted by atomic mass is 10.3. The molecular weight excluding hydrogens is 267 g/mol. The summed E-state index contributed by atoms with van der Waals surface area (Å²) in [5, 5.41) is 0. The molecule has 1 unspecified atom stereocenters.